The molecule has 1 aliphatic rings. The standard InChI is InChI=1S/C17H22N4O4/c1-18-15-5-3-4-13(19-15)14-11-21(8-9-24-14)17(22)7-6-12-10-16(23-2)20-25-12/h3-5,10,14H,6-9,11H2,1-2H3,(H,18,19)/t14-/m0/s1. The third-order valence-corrected chi connectivity index (χ3v) is 4.11. The molecule has 8 heteroatoms. The molecule has 1 aliphatic heterocycles. The molecule has 8 nitrogen and oxygen atoms in total. The number of ether oxygens (including phenoxy) is 2. The number of carbonyl (C=O) groups excluding carboxylic acids is 1. The van der Waals surface area contributed by atoms with Gasteiger partial charge >= 0.3 is 0 Å². The van der Waals surface area contributed by atoms with Crippen molar-refractivity contribution in [2.75, 3.05) is 39.2 Å². The van der Waals surface area contributed by atoms with E-state index in [1.807, 2.05) is 30.1 Å². The number of carbonyl (C=O) groups is 1. The molecule has 0 bridgehead atoms. The van der Waals surface area contributed by atoms with Gasteiger partial charge in [-0.15, -0.1) is 0 Å². The van der Waals surface area contributed by atoms with Crippen LogP contribution in [0.3, 0.4) is 0 Å². The van der Waals surface area contributed by atoms with E-state index in [1.54, 1.807) is 6.07 Å². The van der Waals surface area contributed by atoms with Gasteiger partial charge in [-0.3, -0.25) is 4.79 Å². The van der Waals surface area contributed by atoms with Crippen molar-refractivity contribution in [2.45, 2.75) is 18.9 Å². The van der Waals surface area contributed by atoms with Crippen molar-refractivity contribution in [3.63, 3.8) is 0 Å². The summed E-state index contributed by atoms with van der Waals surface area (Å²) in [5.41, 5.74) is 0.823. The minimum atomic E-state index is -0.212. The van der Waals surface area contributed by atoms with Crippen LogP contribution >= 0.6 is 0 Å². The summed E-state index contributed by atoms with van der Waals surface area (Å²) in [5.74, 6) is 1.90. The van der Waals surface area contributed by atoms with E-state index in [2.05, 4.69) is 15.5 Å². The molecular formula is C17H22N4O4. The number of pyridine rings is 1. The van der Waals surface area contributed by atoms with E-state index in [0.29, 0.717) is 44.2 Å². The van der Waals surface area contributed by atoms with E-state index < -0.39 is 0 Å². The Balaban J connectivity index is 1.57. The van der Waals surface area contributed by atoms with E-state index in [0.717, 1.165) is 11.5 Å². The van der Waals surface area contributed by atoms with Crippen LogP contribution in [-0.4, -0.2) is 54.8 Å². The number of hydrogen-bond donors (Lipinski definition) is 1. The predicted octanol–water partition coefficient (Wildman–Crippen LogP) is 1.65. The number of amides is 1. The van der Waals surface area contributed by atoms with Crippen LogP contribution in [0.4, 0.5) is 5.82 Å². The fourth-order valence-electron chi connectivity index (χ4n) is 2.72. The second-order valence-corrected chi connectivity index (χ2v) is 5.73. The minimum absolute atomic E-state index is 0.0634. The molecule has 3 heterocycles. The Hall–Kier alpha value is -2.61. The third-order valence-electron chi connectivity index (χ3n) is 4.11. The molecule has 1 N–H and O–H groups in total. The van der Waals surface area contributed by atoms with Crippen molar-refractivity contribution in [1.29, 1.82) is 0 Å². The zero-order valence-electron chi connectivity index (χ0n) is 14.4. The molecule has 1 amide bonds. The number of aromatic nitrogens is 2. The van der Waals surface area contributed by atoms with Crippen LogP contribution in [0.25, 0.3) is 0 Å². The monoisotopic (exact) mass is 346 g/mol. The Bertz CT molecular complexity index is 718. The van der Waals surface area contributed by atoms with Crippen LogP contribution < -0.4 is 10.1 Å². The molecule has 0 aliphatic carbocycles. The Labute approximate surface area is 146 Å². The molecule has 2 aromatic heterocycles. The fourth-order valence-corrected chi connectivity index (χ4v) is 2.72. The van der Waals surface area contributed by atoms with Crippen molar-refractivity contribution in [1.82, 2.24) is 15.0 Å². The highest BCUT2D eigenvalue weighted by Crippen LogP contribution is 2.22. The highest BCUT2D eigenvalue weighted by molar-refractivity contribution is 5.76. The van der Waals surface area contributed by atoms with Crippen LogP contribution in [0.15, 0.2) is 28.8 Å². The maximum atomic E-state index is 12.5. The molecule has 0 aromatic carbocycles. The van der Waals surface area contributed by atoms with Gasteiger partial charge in [-0.25, -0.2) is 4.98 Å². The van der Waals surface area contributed by atoms with E-state index in [9.17, 15) is 4.79 Å². The first-order valence-corrected chi connectivity index (χ1v) is 8.23. The fraction of sp³-hybridized carbons (Fsp3) is 0.471. The number of morpholine rings is 1. The molecule has 2 aromatic rings. The lowest BCUT2D eigenvalue weighted by molar-refractivity contribution is -0.139. The number of aryl methyl sites for hydroxylation is 1. The SMILES string of the molecule is CNc1cccc([C@@H]2CN(C(=O)CCc3cc(OC)no3)CCO2)n1. The number of anilines is 1. The summed E-state index contributed by atoms with van der Waals surface area (Å²) in [6, 6.07) is 7.43. The van der Waals surface area contributed by atoms with Crippen molar-refractivity contribution in [2.24, 2.45) is 0 Å². The average molecular weight is 346 g/mol. The summed E-state index contributed by atoms with van der Waals surface area (Å²) >= 11 is 0. The van der Waals surface area contributed by atoms with Gasteiger partial charge in [0, 0.05) is 32.5 Å². The lowest BCUT2D eigenvalue weighted by Crippen LogP contribution is -2.42. The molecule has 1 fully saturated rings. The number of nitrogens with zero attached hydrogens (tertiary/aromatic N) is 3. The highest BCUT2D eigenvalue weighted by Gasteiger charge is 2.26. The maximum Gasteiger partial charge on any atom is 0.254 e. The van der Waals surface area contributed by atoms with Crippen LogP contribution in [0.5, 0.6) is 5.88 Å². The first-order chi connectivity index (χ1) is 12.2. The van der Waals surface area contributed by atoms with Gasteiger partial charge < -0.3 is 24.2 Å². The largest absolute Gasteiger partial charge is 0.479 e. The molecule has 1 saturated heterocycles. The van der Waals surface area contributed by atoms with Crippen LogP contribution in [0.1, 0.15) is 24.0 Å². The Morgan fingerprint density at radius 2 is 2.36 bits per heavy atom. The maximum absolute atomic E-state index is 12.5. The summed E-state index contributed by atoms with van der Waals surface area (Å²) in [5, 5.41) is 6.75. The van der Waals surface area contributed by atoms with Gasteiger partial charge in [0.05, 0.1) is 26.0 Å². The quantitative estimate of drug-likeness (QED) is 0.850. The minimum Gasteiger partial charge on any atom is -0.479 e. The van der Waals surface area contributed by atoms with Crippen molar-refractivity contribution >= 4 is 11.7 Å². The van der Waals surface area contributed by atoms with Gasteiger partial charge in [0.25, 0.3) is 5.88 Å². The molecule has 25 heavy (non-hydrogen) atoms. The number of nitrogens with one attached hydrogen (secondary N) is 1. The van der Waals surface area contributed by atoms with Crippen molar-refractivity contribution < 1.29 is 18.8 Å². The summed E-state index contributed by atoms with van der Waals surface area (Å²) in [7, 11) is 3.35. The van der Waals surface area contributed by atoms with Gasteiger partial charge in [0.15, 0.2) is 0 Å². The van der Waals surface area contributed by atoms with E-state index in [-0.39, 0.29) is 12.0 Å². The zero-order chi connectivity index (χ0) is 17.6. The van der Waals surface area contributed by atoms with E-state index in [4.69, 9.17) is 14.0 Å². The molecular weight excluding hydrogens is 324 g/mol. The lowest BCUT2D eigenvalue weighted by Gasteiger charge is -2.32. The van der Waals surface area contributed by atoms with E-state index >= 15 is 0 Å². The van der Waals surface area contributed by atoms with Crippen molar-refractivity contribution in [3.05, 3.63) is 35.7 Å². The molecule has 1 atom stereocenters. The molecule has 3 rings (SSSR count). The molecule has 0 spiro atoms. The normalized spacial score (nSPS) is 17.4. The summed E-state index contributed by atoms with van der Waals surface area (Å²) in [6.45, 7) is 1.58. The Morgan fingerprint density at radius 3 is 3.12 bits per heavy atom. The first-order valence-electron chi connectivity index (χ1n) is 8.23. The Kier molecular flexibility index (Phi) is 5.49. The van der Waals surface area contributed by atoms with E-state index in [1.165, 1.54) is 7.11 Å². The molecule has 0 saturated carbocycles. The highest BCUT2D eigenvalue weighted by atomic mass is 16.5. The molecule has 0 unspecified atom stereocenters. The van der Waals surface area contributed by atoms with Crippen LogP contribution in [0, 0.1) is 0 Å². The zero-order valence-corrected chi connectivity index (χ0v) is 14.4. The van der Waals surface area contributed by atoms with Gasteiger partial charge in [0.2, 0.25) is 5.91 Å². The summed E-state index contributed by atoms with van der Waals surface area (Å²) in [6.07, 6.45) is 0.635. The third kappa shape index (κ3) is 4.27. The number of hydrogen-bond acceptors (Lipinski definition) is 7. The lowest BCUT2D eigenvalue weighted by atomic mass is 10.1. The van der Waals surface area contributed by atoms with Gasteiger partial charge in [-0.1, -0.05) is 6.07 Å². The second-order valence-electron chi connectivity index (χ2n) is 5.73. The number of methoxy groups -OCH3 is 1. The smallest absolute Gasteiger partial charge is 0.254 e. The average Bonchev–Trinajstić information content (AvgIpc) is 3.14. The summed E-state index contributed by atoms with van der Waals surface area (Å²) < 4.78 is 15.9. The summed E-state index contributed by atoms with van der Waals surface area (Å²) in [4.78, 5) is 18.8. The first kappa shape index (κ1) is 17.2. The predicted molar refractivity (Wildman–Crippen MR) is 90.4 cm³/mol. The van der Waals surface area contributed by atoms with Gasteiger partial charge in [-0.05, 0) is 17.3 Å². The molecule has 0 radical (unpaired) electrons. The Morgan fingerprint density at radius 1 is 1.48 bits per heavy atom. The number of rotatable bonds is 6. The van der Waals surface area contributed by atoms with Crippen molar-refractivity contribution in [3.8, 4) is 5.88 Å². The second kappa shape index (κ2) is 7.98. The van der Waals surface area contributed by atoms with Gasteiger partial charge in [-0.2, -0.15) is 0 Å². The van der Waals surface area contributed by atoms with Crippen LogP contribution in [0.2, 0.25) is 0 Å². The topological polar surface area (TPSA) is 89.7 Å². The molecule has 134 valence electrons. The van der Waals surface area contributed by atoms with Crippen LogP contribution in [-0.2, 0) is 16.0 Å². The van der Waals surface area contributed by atoms with Gasteiger partial charge in [0.1, 0.15) is 17.7 Å².